The smallest absolute Gasteiger partial charge is 0.234 e. The minimum absolute atomic E-state index is 0.159. The van der Waals surface area contributed by atoms with Crippen LogP contribution in [0.5, 0.6) is 11.5 Å². The minimum Gasteiger partial charge on any atom is -0.486 e. The van der Waals surface area contributed by atoms with Gasteiger partial charge in [-0.2, -0.15) is 4.68 Å². The molecule has 0 saturated carbocycles. The first-order chi connectivity index (χ1) is 14.0. The fourth-order valence-electron chi connectivity index (χ4n) is 2.94. The molecule has 0 radical (unpaired) electrons. The molecule has 0 unspecified atom stereocenters. The molecular formula is C19H18BrN5O3S. The molecule has 0 bridgehead atoms. The Kier molecular flexibility index (Phi) is 5.72. The molecule has 1 amide bonds. The summed E-state index contributed by atoms with van der Waals surface area (Å²) in [5, 5.41) is 15.3. The molecule has 0 saturated heterocycles. The van der Waals surface area contributed by atoms with Gasteiger partial charge in [0, 0.05) is 16.6 Å². The zero-order valence-electron chi connectivity index (χ0n) is 15.8. The molecule has 0 aliphatic carbocycles. The van der Waals surface area contributed by atoms with E-state index >= 15 is 0 Å². The van der Waals surface area contributed by atoms with Crippen LogP contribution in [0.15, 0.2) is 40.0 Å². The van der Waals surface area contributed by atoms with Crippen LogP contribution in [0.3, 0.4) is 0 Å². The lowest BCUT2D eigenvalue weighted by Gasteiger charge is -2.20. The van der Waals surface area contributed by atoms with Crippen molar-refractivity contribution in [2.45, 2.75) is 19.0 Å². The van der Waals surface area contributed by atoms with Gasteiger partial charge >= 0.3 is 0 Å². The van der Waals surface area contributed by atoms with E-state index in [0.717, 1.165) is 21.3 Å². The molecule has 8 nitrogen and oxygen atoms in total. The summed E-state index contributed by atoms with van der Waals surface area (Å²) >= 11 is 4.72. The summed E-state index contributed by atoms with van der Waals surface area (Å²) in [6.07, 6.45) is 0. The molecular weight excluding hydrogens is 458 g/mol. The summed E-state index contributed by atoms with van der Waals surface area (Å²) in [4.78, 5) is 12.5. The van der Waals surface area contributed by atoms with Gasteiger partial charge in [-0.05, 0) is 51.8 Å². The second-order valence-electron chi connectivity index (χ2n) is 6.48. The Balaban J connectivity index is 1.44. The molecule has 0 fully saturated rings. The van der Waals surface area contributed by atoms with E-state index in [-0.39, 0.29) is 11.7 Å². The third-order valence-corrected chi connectivity index (χ3v) is 5.84. The fourth-order valence-corrected chi connectivity index (χ4v) is 4.04. The lowest BCUT2D eigenvalue weighted by molar-refractivity contribution is -0.113. The van der Waals surface area contributed by atoms with Crippen molar-refractivity contribution in [2.24, 2.45) is 0 Å². The topological polar surface area (TPSA) is 91.2 Å². The van der Waals surface area contributed by atoms with E-state index in [9.17, 15) is 4.79 Å². The molecule has 4 rings (SSSR count). The summed E-state index contributed by atoms with van der Waals surface area (Å²) in [5.74, 6) is 1.25. The SMILES string of the molecule is Cc1ccc(-n2nnnc2SCC(=O)Nc2cc3c(cc2Br)OCCO3)c(C)c1. The second-order valence-corrected chi connectivity index (χ2v) is 8.27. The van der Waals surface area contributed by atoms with Crippen molar-refractivity contribution in [1.29, 1.82) is 0 Å². The highest BCUT2D eigenvalue weighted by atomic mass is 79.9. The quantitative estimate of drug-likeness (QED) is 0.564. The molecule has 1 N–H and O–H groups in total. The predicted molar refractivity (Wildman–Crippen MR) is 113 cm³/mol. The number of aryl methyl sites for hydroxylation is 2. The van der Waals surface area contributed by atoms with E-state index in [0.29, 0.717) is 35.6 Å². The van der Waals surface area contributed by atoms with Crippen LogP contribution in [0.1, 0.15) is 11.1 Å². The second kappa shape index (κ2) is 8.42. The molecule has 2 aromatic carbocycles. The molecule has 3 aromatic rings. The van der Waals surface area contributed by atoms with Gasteiger partial charge in [0.25, 0.3) is 0 Å². The number of thioether (sulfide) groups is 1. The van der Waals surface area contributed by atoms with Crippen molar-refractivity contribution in [3.63, 3.8) is 0 Å². The third kappa shape index (κ3) is 4.38. The maximum Gasteiger partial charge on any atom is 0.234 e. The Morgan fingerprint density at radius 2 is 1.97 bits per heavy atom. The molecule has 1 aliphatic heterocycles. The number of fused-ring (bicyclic) bond motifs is 1. The standard InChI is InChI=1S/C19H18BrN5O3S/c1-11-3-4-15(12(2)7-11)25-19(22-23-24-25)29-10-18(26)21-14-9-17-16(8-13(14)20)27-5-6-28-17/h3-4,7-9H,5-6,10H2,1-2H3,(H,21,26). The van der Waals surface area contributed by atoms with Crippen LogP contribution in [-0.4, -0.2) is 45.1 Å². The van der Waals surface area contributed by atoms with E-state index in [4.69, 9.17) is 9.47 Å². The van der Waals surface area contributed by atoms with E-state index in [1.807, 2.05) is 26.0 Å². The number of amides is 1. The Bertz CT molecular complexity index is 1070. The average Bonchev–Trinajstić information content (AvgIpc) is 3.15. The monoisotopic (exact) mass is 475 g/mol. The van der Waals surface area contributed by atoms with Crippen molar-refractivity contribution in [2.75, 3.05) is 24.3 Å². The number of anilines is 1. The third-order valence-electron chi connectivity index (χ3n) is 4.26. The fraction of sp³-hybridized carbons (Fsp3) is 0.263. The normalized spacial score (nSPS) is 12.7. The molecule has 0 atom stereocenters. The van der Waals surface area contributed by atoms with Gasteiger partial charge in [-0.25, -0.2) is 0 Å². The van der Waals surface area contributed by atoms with Gasteiger partial charge in [0.05, 0.1) is 17.1 Å². The molecule has 1 aromatic heterocycles. The van der Waals surface area contributed by atoms with Crippen LogP contribution in [-0.2, 0) is 4.79 Å². The number of nitrogens with one attached hydrogen (secondary N) is 1. The number of hydrogen-bond acceptors (Lipinski definition) is 7. The number of benzene rings is 2. The molecule has 0 spiro atoms. The summed E-state index contributed by atoms with van der Waals surface area (Å²) in [6.45, 7) is 5.03. The van der Waals surface area contributed by atoms with Crippen LogP contribution in [0.2, 0.25) is 0 Å². The Morgan fingerprint density at radius 1 is 1.21 bits per heavy atom. The maximum atomic E-state index is 12.5. The van der Waals surface area contributed by atoms with Gasteiger partial charge in [-0.3, -0.25) is 4.79 Å². The molecule has 10 heteroatoms. The highest BCUT2D eigenvalue weighted by Crippen LogP contribution is 2.38. The zero-order chi connectivity index (χ0) is 20.4. The first-order valence-corrected chi connectivity index (χ1v) is 10.7. The van der Waals surface area contributed by atoms with Crippen molar-refractivity contribution in [1.82, 2.24) is 20.2 Å². The van der Waals surface area contributed by atoms with E-state index in [1.165, 1.54) is 11.8 Å². The molecule has 150 valence electrons. The van der Waals surface area contributed by atoms with Crippen molar-refractivity contribution >= 4 is 39.3 Å². The first kappa shape index (κ1) is 19.7. The number of nitrogens with zero attached hydrogens (tertiary/aromatic N) is 4. The molecule has 1 aliphatic rings. The molecule has 29 heavy (non-hydrogen) atoms. The average molecular weight is 476 g/mol. The molecule has 2 heterocycles. The van der Waals surface area contributed by atoms with Gasteiger partial charge < -0.3 is 14.8 Å². The van der Waals surface area contributed by atoms with Crippen LogP contribution in [0, 0.1) is 13.8 Å². The van der Waals surface area contributed by atoms with Crippen molar-refractivity contribution in [3.05, 3.63) is 45.9 Å². The van der Waals surface area contributed by atoms with Gasteiger partial charge in [0.15, 0.2) is 11.5 Å². The number of carbonyl (C=O) groups excluding carboxylic acids is 1. The minimum atomic E-state index is -0.178. The van der Waals surface area contributed by atoms with Crippen LogP contribution in [0.4, 0.5) is 5.69 Å². The van der Waals surface area contributed by atoms with Crippen molar-refractivity contribution in [3.8, 4) is 17.2 Å². The first-order valence-electron chi connectivity index (χ1n) is 8.89. The number of aromatic nitrogens is 4. The van der Waals surface area contributed by atoms with Crippen LogP contribution in [0.25, 0.3) is 5.69 Å². The van der Waals surface area contributed by atoms with E-state index < -0.39 is 0 Å². The summed E-state index contributed by atoms with van der Waals surface area (Å²) in [7, 11) is 0. The lowest BCUT2D eigenvalue weighted by Crippen LogP contribution is -2.18. The van der Waals surface area contributed by atoms with Gasteiger partial charge in [0.2, 0.25) is 11.1 Å². The van der Waals surface area contributed by atoms with Crippen LogP contribution < -0.4 is 14.8 Å². The van der Waals surface area contributed by atoms with Gasteiger partial charge in [-0.15, -0.1) is 5.10 Å². The Morgan fingerprint density at radius 3 is 2.72 bits per heavy atom. The van der Waals surface area contributed by atoms with E-state index in [2.05, 4.69) is 42.8 Å². The zero-order valence-corrected chi connectivity index (χ0v) is 18.2. The maximum absolute atomic E-state index is 12.5. The predicted octanol–water partition coefficient (Wildman–Crippen LogP) is 3.54. The van der Waals surface area contributed by atoms with Gasteiger partial charge in [0.1, 0.15) is 13.2 Å². The summed E-state index contributed by atoms with van der Waals surface area (Å²) < 4.78 is 13.5. The van der Waals surface area contributed by atoms with Crippen LogP contribution >= 0.6 is 27.7 Å². The number of rotatable bonds is 5. The van der Waals surface area contributed by atoms with Gasteiger partial charge in [-0.1, -0.05) is 29.5 Å². The number of carbonyl (C=O) groups is 1. The number of ether oxygens (including phenoxy) is 2. The lowest BCUT2D eigenvalue weighted by atomic mass is 10.1. The summed E-state index contributed by atoms with van der Waals surface area (Å²) in [6, 6.07) is 9.58. The van der Waals surface area contributed by atoms with Crippen molar-refractivity contribution < 1.29 is 14.3 Å². The Hall–Kier alpha value is -2.59. The highest BCUT2D eigenvalue weighted by Gasteiger charge is 2.17. The van der Waals surface area contributed by atoms with E-state index in [1.54, 1.807) is 16.8 Å². The Labute approximate surface area is 180 Å². The number of halogens is 1. The number of tetrazole rings is 1. The largest absolute Gasteiger partial charge is 0.486 e. The summed E-state index contributed by atoms with van der Waals surface area (Å²) in [5.41, 5.74) is 3.73. The highest BCUT2D eigenvalue weighted by molar-refractivity contribution is 9.10. The number of hydrogen-bond donors (Lipinski definition) is 1.